The van der Waals surface area contributed by atoms with Gasteiger partial charge in [-0.2, -0.15) is 0 Å². The Morgan fingerprint density at radius 2 is 2.19 bits per heavy atom. The minimum atomic E-state index is 0.534. The first-order valence-electron chi connectivity index (χ1n) is 6.23. The number of hydrogen-bond acceptors (Lipinski definition) is 7. The molecular weight excluding hydrogens is 354 g/mol. The molecule has 3 heterocycles. The lowest BCUT2D eigenvalue weighted by atomic mass is 10.3. The first-order chi connectivity index (χ1) is 10.1. The van der Waals surface area contributed by atoms with E-state index < -0.39 is 0 Å². The van der Waals surface area contributed by atoms with E-state index in [-0.39, 0.29) is 0 Å². The number of halogens is 1. The minimum absolute atomic E-state index is 0.534. The normalized spacial score (nSPS) is 10.8. The second-order valence-corrected chi connectivity index (χ2v) is 6.25. The Labute approximate surface area is 133 Å². The number of thiazole rings is 1. The molecule has 1 N–H and O–H groups in total. The zero-order valence-corrected chi connectivity index (χ0v) is 13.8. The summed E-state index contributed by atoms with van der Waals surface area (Å²) in [5.74, 6) is 1.93. The van der Waals surface area contributed by atoms with E-state index in [1.54, 1.807) is 13.1 Å². The van der Waals surface area contributed by atoms with Gasteiger partial charge in [0.25, 0.3) is 0 Å². The third-order valence-electron chi connectivity index (χ3n) is 2.72. The van der Waals surface area contributed by atoms with E-state index in [2.05, 4.69) is 41.4 Å². The third kappa shape index (κ3) is 3.45. The Morgan fingerprint density at radius 1 is 1.33 bits per heavy atom. The fourth-order valence-corrected chi connectivity index (χ4v) is 2.94. The van der Waals surface area contributed by atoms with Crippen LogP contribution in [0.5, 0.6) is 0 Å². The average Bonchev–Trinajstić information content (AvgIpc) is 3.03. The van der Waals surface area contributed by atoms with Crippen molar-refractivity contribution in [3.8, 4) is 0 Å². The number of aryl methyl sites for hydroxylation is 2. The highest BCUT2D eigenvalue weighted by atomic mass is 79.9. The Balaban J connectivity index is 1.72. The van der Waals surface area contributed by atoms with Gasteiger partial charge in [0.05, 0.1) is 12.1 Å². The maximum atomic E-state index is 5.35. The van der Waals surface area contributed by atoms with Crippen LogP contribution in [0.25, 0.3) is 0 Å². The van der Waals surface area contributed by atoms with Gasteiger partial charge in [0, 0.05) is 23.0 Å². The Morgan fingerprint density at radius 3 is 2.90 bits per heavy atom. The van der Waals surface area contributed by atoms with Crippen LogP contribution in [-0.2, 0) is 6.42 Å². The summed E-state index contributed by atoms with van der Waals surface area (Å²) in [6.45, 7) is 3.77. The topological polar surface area (TPSA) is 76.7 Å². The predicted octanol–water partition coefficient (Wildman–Crippen LogP) is 3.63. The van der Waals surface area contributed by atoms with Gasteiger partial charge >= 0.3 is 0 Å². The van der Waals surface area contributed by atoms with E-state index in [1.165, 1.54) is 11.3 Å². The minimum Gasteiger partial charge on any atom is -0.425 e. The smallest absolute Gasteiger partial charge is 0.222 e. The number of nitrogens with zero attached hydrogens (tertiary/aromatic N) is 4. The van der Waals surface area contributed by atoms with Crippen LogP contribution < -0.4 is 5.32 Å². The maximum Gasteiger partial charge on any atom is 0.222 e. The summed E-state index contributed by atoms with van der Waals surface area (Å²) in [6, 6.07) is 2.01. The maximum absolute atomic E-state index is 5.35. The molecule has 3 rings (SSSR count). The number of anilines is 2. The van der Waals surface area contributed by atoms with Crippen molar-refractivity contribution in [2.45, 2.75) is 20.3 Å². The van der Waals surface area contributed by atoms with E-state index in [0.29, 0.717) is 18.2 Å². The third-order valence-corrected chi connectivity index (χ3v) is 3.96. The lowest BCUT2D eigenvalue weighted by Crippen LogP contribution is -1.96. The van der Waals surface area contributed by atoms with E-state index in [0.717, 1.165) is 26.7 Å². The van der Waals surface area contributed by atoms with Gasteiger partial charge in [-0.3, -0.25) is 0 Å². The molecular formula is C13H12BrN5OS. The highest BCUT2D eigenvalue weighted by Crippen LogP contribution is 2.24. The summed E-state index contributed by atoms with van der Waals surface area (Å²) in [6.07, 6.45) is 2.29. The van der Waals surface area contributed by atoms with Crippen LogP contribution in [0.3, 0.4) is 0 Å². The van der Waals surface area contributed by atoms with E-state index in [9.17, 15) is 0 Å². The molecule has 0 spiro atoms. The standard InChI is InChI=1S/C13H12BrN5OS/c1-7-3-9(14)5-15-12(7)17-13-16-10(6-21-13)4-11-19-18-8(2)20-11/h3,5-6H,4H2,1-2H3,(H,15,16,17). The molecule has 0 aromatic carbocycles. The second kappa shape index (κ2) is 5.90. The molecule has 108 valence electrons. The Bertz CT molecular complexity index is 770. The molecule has 0 bridgehead atoms. The largest absolute Gasteiger partial charge is 0.425 e. The van der Waals surface area contributed by atoms with Gasteiger partial charge in [-0.05, 0) is 34.5 Å². The van der Waals surface area contributed by atoms with Crippen molar-refractivity contribution in [1.82, 2.24) is 20.2 Å². The Kier molecular flexibility index (Phi) is 3.98. The van der Waals surface area contributed by atoms with E-state index >= 15 is 0 Å². The van der Waals surface area contributed by atoms with Crippen LogP contribution in [0.4, 0.5) is 10.9 Å². The average molecular weight is 366 g/mol. The van der Waals surface area contributed by atoms with Gasteiger partial charge in [-0.25, -0.2) is 9.97 Å². The van der Waals surface area contributed by atoms with Crippen molar-refractivity contribution < 1.29 is 4.42 Å². The van der Waals surface area contributed by atoms with Crippen LogP contribution in [0, 0.1) is 13.8 Å². The second-order valence-electron chi connectivity index (χ2n) is 4.48. The fourth-order valence-electron chi connectivity index (χ4n) is 1.78. The molecule has 0 aliphatic carbocycles. The van der Waals surface area contributed by atoms with Gasteiger partial charge in [0.15, 0.2) is 5.13 Å². The van der Waals surface area contributed by atoms with E-state index in [4.69, 9.17) is 4.42 Å². The van der Waals surface area contributed by atoms with Crippen molar-refractivity contribution in [3.05, 3.63) is 45.2 Å². The lowest BCUT2D eigenvalue weighted by molar-refractivity contribution is 0.476. The van der Waals surface area contributed by atoms with E-state index in [1.807, 2.05) is 18.4 Å². The molecule has 0 radical (unpaired) electrons. The molecule has 21 heavy (non-hydrogen) atoms. The number of pyridine rings is 1. The highest BCUT2D eigenvalue weighted by molar-refractivity contribution is 9.10. The van der Waals surface area contributed by atoms with Gasteiger partial charge in [-0.1, -0.05) is 0 Å². The number of nitrogens with one attached hydrogen (secondary N) is 1. The van der Waals surface area contributed by atoms with Crippen LogP contribution in [0.2, 0.25) is 0 Å². The molecule has 0 fully saturated rings. The molecule has 8 heteroatoms. The monoisotopic (exact) mass is 365 g/mol. The van der Waals surface area contributed by atoms with Crippen molar-refractivity contribution >= 4 is 38.2 Å². The van der Waals surface area contributed by atoms with Crippen molar-refractivity contribution in [2.24, 2.45) is 0 Å². The molecule has 0 unspecified atom stereocenters. The first-order valence-corrected chi connectivity index (χ1v) is 7.90. The lowest BCUT2D eigenvalue weighted by Gasteiger charge is -2.05. The van der Waals surface area contributed by atoms with Crippen molar-refractivity contribution in [1.29, 1.82) is 0 Å². The Hall–Kier alpha value is -1.80. The summed E-state index contributed by atoms with van der Waals surface area (Å²) >= 11 is 4.92. The number of aromatic nitrogens is 4. The zero-order valence-electron chi connectivity index (χ0n) is 11.4. The summed E-state index contributed by atoms with van der Waals surface area (Å²) in [5.41, 5.74) is 1.94. The SMILES string of the molecule is Cc1nnc(Cc2csc(Nc3ncc(Br)cc3C)n2)o1. The zero-order chi connectivity index (χ0) is 14.8. The van der Waals surface area contributed by atoms with Crippen molar-refractivity contribution in [3.63, 3.8) is 0 Å². The highest BCUT2D eigenvalue weighted by Gasteiger charge is 2.09. The fraction of sp³-hybridized carbons (Fsp3) is 0.231. The van der Waals surface area contributed by atoms with Crippen molar-refractivity contribution in [2.75, 3.05) is 5.32 Å². The molecule has 0 aliphatic heterocycles. The van der Waals surface area contributed by atoms with Crippen LogP contribution in [-0.4, -0.2) is 20.2 Å². The summed E-state index contributed by atoms with van der Waals surface area (Å²) < 4.78 is 6.31. The van der Waals surface area contributed by atoms with Crippen LogP contribution in [0.1, 0.15) is 23.0 Å². The molecule has 3 aromatic heterocycles. The summed E-state index contributed by atoms with van der Waals surface area (Å²) in [4.78, 5) is 8.84. The van der Waals surface area contributed by atoms with Crippen LogP contribution in [0.15, 0.2) is 26.5 Å². The quantitative estimate of drug-likeness (QED) is 0.760. The van der Waals surface area contributed by atoms with Gasteiger partial charge in [0.1, 0.15) is 5.82 Å². The molecule has 0 aliphatic rings. The molecule has 0 saturated heterocycles. The molecule has 0 atom stereocenters. The molecule has 3 aromatic rings. The predicted molar refractivity (Wildman–Crippen MR) is 83.9 cm³/mol. The van der Waals surface area contributed by atoms with Crippen LogP contribution >= 0.6 is 27.3 Å². The summed E-state index contributed by atoms with van der Waals surface area (Å²) in [5, 5.41) is 13.8. The molecule has 0 amide bonds. The molecule has 0 saturated carbocycles. The number of rotatable bonds is 4. The number of hydrogen-bond donors (Lipinski definition) is 1. The van der Waals surface area contributed by atoms with Gasteiger partial charge < -0.3 is 9.73 Å². The summed E-state index contributed by atoms with van der Waals surface area (Å²) in [7, 11) is 0. The van der Waals surface area contributed by atoms with Gasteiger partial charge in [0.2, 0.25) is 11.8 Å². The molecule has 6 nitrogen and oxygen atoms in total. The first kappa shape index (κ1) is 14.2. The van der Waals surface area contributed by atoms with Gasteiger partial charge in [-0.15, -0.1) is 21.5 Å².